The third kappa shape index (κ3) is 7.08. The Balaban J connectivity index is 3.68. The van der Waals surface area contributed by atoms with Crippen LogP contribution >= 0.6 is 25.3 Å². The molecule has 0 rings (SSSR count). The van der Waals surface area contributed by atoms with Crippen LogP contribution in [-0.4, -0.2) is 29.7 Å². The van der Waals surface area contributed by atoms with Crippen molar-refractivity contribution in [1.29, 1.82) is 0 Å². The number of esters is 2. The summed E-state index contributed by atoms with van der Waals surface area (Å²) in [7, 11) is 0. The van der Waals surface area contributed by atoms with Gasteiger partial charge < -0.3 is 9.47 Å². The van der Waals surface area contributed by atoms with E-state index in [9.17, 15) is 9.59 Å². The molecular formula is C8H14O4S2. The lowest BCUT2D eigenvalue weighted by Crippen LogP contribution is -2.21. The molecule has 0 saturated carbocycles. The van der Waals surface area contributed by atoms with Gasteiger partial charge >= 0.3 is 11.9 Å². The van der Waals surface area contributed by atoms with Crippen molar-refractivity contribution in [1.82, 2.24) is 0 Å². The zero-order valence-electron chi connectivity index (χ0n) is 7.93. The first-order valence-corrected chi connectivity index (χ1v) is 5.47. The summed E-state index contributed by atoms with van der Waals surface area (Å²) >= 11 is 7.73. The van der Waals surface area contributed by atoms with E-state index in [1.807, 2.05) is 0 Å². The minimum absolute atomic E-state index is 0.206. The summed E-state index contributed by atoms with van der Waals surface area (Å²) in [6, 6.07) is 0. The van der Waals surface area contributed by atoms with Gasteiger partial charge in [0.05, 0.1) is 12.8 Å². The Bertz CT molecular complexity index is 176. The van der Waals surface area contributed by atoms with Gasteiger partial charge in [-0.1, -0.05) is 0 Å². The molecule has 0 unspecified atom stereocenters. The smallest absolute Gasteiger partial charge is 0.309 e. The largest absolute Gasteiger partial charge is 0.425 e. The highest BCUT2D eigenvalue weighted by Crippen LogP contribution is 2.00. The van der Waals surface area contributed by atoms with Crippen molar-refractivity contribution in [2.45, 2.75) is 26.1 Å². The van der Waals surface area contributed by atoms with Crippen LogP contribution in [0.25, 0.3) is 0 Å². The Morgan fingerprint density at radius 2 is 1.43 bits per heavy atom. The first kappa shape index (κ1) is 13.6. The van der Waals surface area contributed by atoms with Gasteiger partial charge in [0.25, 0.3) is 0 Å². The second-order valence-corrected chi connectivity index (χ2v) is 3.39. The van der Waals surface area contributed by atoms with Crippen molar-refractivity contribution in [3.8, 4) is 0 Å². The van der Waals surface area contributed by atoms with Gasteiger partial charge in [0.15, 0.2) is 0 Å². The van der Waals surface area contributed by atoms with Crippen LogP contribution < -0.4 is 0 Å². The van der Waals surface area contributed by atoms with Crippen molar-refractivity contribution < 1.29 is 19.1 Å². The van der Waals surface area contributed by atoms with Crippen molar-refractivity contribution >= 4 is 37.2 Å². The van der Waals surface area contributed by atoms with Crippen LogP contribution in [0.4, 0.5) is 0 Å². The zero-order chi connectivity index (χ0) is 11.0. The first-order valence-electron chi connectivity index (χ1n) is 4.20. The highest BCUT2D eigenvalue weighted by atomic mass is 32.1. The summed E-state index contributed by atoms with van der Waals surface area (Å²) in [6.45, 7) is 1.49. The molecule has 0 bridgehead atoms. The molecule has 0 fully saturated rings. The van der Waals surface area contributed by atoms with Gasteiger partial charge in [0, 0.05) is 18.4 Å². The highest BCUT2D eigenvalue weighted by Gasteiger charge is 2.12. The average molecular weight is 238 g/mol. The van der Waals surface area contributed by atoms with E-state index in [-0.39, 0.29) is 12.8 Å². The van der Waals surface area contributed by atoms with E-state index in [4.69, 9.17) is 9.47 Å². The second-order valence-electron chi connectivity index (χ2n) is 2.49. The van der Waals surface area contributed by atoms with E-state index >= 15 is 0 Å². The van der Waals surface area contributed by atoms with E-state index in [0.29, 0.717) is 11.5 Å². The van der Waals surface area contributed by atoms with Crippen molar-refractivity contribution in [3.05, 3.63) is 0 Å². The molecule has 0 saturated heterocycles. The van der Waals surface area contributed by atoms with Crippen LogP contribution in [0.3, 0.4) is 0 Å². The molecule has 0 amide bonds. The zero-order valence-corrected chi connectivity index (χ0v) is 9.72. The summed E-state index contributed by atoms with van der Waals surface area (Å²) < 4.78 is 9.50. The molecule has 0 aliphatic rings. The molecule has 0 aromatic rings. The van der Waals surface area contributed by atoms with Crippen molar-refractivity contribution in [3.63, 3.8) is 0 Å². The Morgan fingerprint density at radius 3 is 1.71 bits per heavy atom. The van der Waals surface area contributed by atoms with Gasteiger partial charge in [-0.2, -0.15) is 25.3 Å². The van der Waals surface area contributed by atoms with Crippen LogP contribution in [-0.2, 0) is 19.1 Å². The fraction of sp³-hybridized carbons (Fsp3) is 0.750. The maximum Gasteiger partial charge on any atom is 0.309 e. The lowest BCUT2D eigenvalue weighted by molar-refractivity contribution is -0.183. The minimum Gasteiger partial charge on any atom is -0.425 e. The monoisotopic (exact) mass is 238 g/mol. The molecule has 4 nitrogen and oxygen atoms in total. The number of thiol groups is 2. The summed E-state index contributed by atoms with van der Waals surface area (Å²) in [4.78, 5) is 21.8. The average Bonchev–Trinajstić information content (AvgIpc) is 2.03. The van der Waals surface area contributed by atoms with Crippen LogP contribution in [0.1, 0.15) is 19.8 Å². The lowest BCUT2D eigenvalue weighted by Gasteiger charge is -2.13. The third-order valence-electron chi connectivity index (χ3n) is 1.23. The Morgan fingerprint density at radius 1 is 1.07 bits per heavy atom. The number of carbonyl (C=O) groups excluding carboxylic acids is 2. The van der Waals surface area contributed by atoms with Gasteiger partial charge in [-0.05, 0) is 0 Å². The van der Waals surface area contributed by atoms with Gasteiger partial charge in [-0.25, -0.2) is 0 Å². The van der Waals surface area contributed by atoms with Gasteiger partial charge in [0.2, 0.25) is 6.29 Å². The van der Waals surface area contributed by atoms with Crippen molar-refractivity contribution in [2.24, 2.45) is 0 Å². The number of hydrogen-bond donors (Lipinski definition) is 2. The molecule has 0 aliphatic heterocycles. The first-order chi connectivity index (χ1) is 6.60. The van der Waals surface area contributed by atoms with E-state index in [2.05, 4.69) is 25.3 Å². The summed E-state index contributed by atoms with van der Waals surface area (Å²) in [5.74, 6) is -0.0240. The molecule has 14 heavy (non-hydrogen) atoms. The summed E-state index contributed by atoms with van der Waals surface area (Å²) in [5, 5.41) is 0. The topological polar surface area (TPSA) is 52.6 Å². The van der Waals surface area contributed by atoms with E-state index < -0.39 is 18.2 Å². The number of carbonyl (C=O) groups is 2. The number of ether oxygens (including phenoxy) is 2. The number of hydrogen-bond acceptors (Lipinski definition) is 6. The molecule has 0 aliphatic carbocycles. The summed E-state index contributed by atoms with van der Waals surface area (Å²) in [5.41, 5.74) is 0. The normalized spacial score (nSPS) is 10.0. The molecular weight excluding hydrogens is 224 g/mol. The molecule has 0 radical (unpaired) electrons. The highest BCUT2D eigenvalue weighted by molar-refractivity contribution is 7.80. The van der Waals surface area contributed by atoms with Crippen LogP contribution in [0.2, 0.25) is 0 Å². The van der Waals surface area contributed by atoms with Gasteiger partial charge in [-0.15, -0.1) is 0 Å². The molecule has 0 atom stereocenters. The predicted octanol–water partition coefficient (Wildman–Crippen LogP) is 1.06. The molecule has 6 heteroatoms. The molecule has 0 aromatic carbocycles. The van der Waals surface area contributed by atoms with E-state index in [1.54, 1.807) is 0 Å². The van der Waals surface area contributed by atoms with Crippen LogP contribution in [0, 0.1) is 0 Å². The Hall–Kier alpha value is -0.360. The maximum absolute atomic E-state index is 10.9. The molecule has 0 heterocycles. The van der Waals surface area contributed by atoms with Crippen LogP contribution in [0.5, 0.6) is 0 Å². The lowest BCUT2D eigenvalue weighted by atomic mass is 10.5. The number of rotatable bonds is 6. The molecule has 0 N–H and O–H groups in total. The SMILES string of the molecule is CC(OC(=O)CCS)OC(=O)CCS. The maximum atomic E-state index is 10.9. The fourth-order valence-electron chi connectivity index (χ4n) is 0.695. The minimum atomic E-state index is -0.838. The van der Waals surface area contributed by atoms with Gasteiger partial charge in [-0.3, -0.25) is 9.59 Å². The second kappa shape index (κ2) is 7.99. The predicted molar refractivity (Wildman–Crippen MR) is 58.6 cm³/mol. The summed E-state index contributed by atoms with van der Waals surface area (Å²) in [6.07, 6.45) is -0.426. The molecule has 0 spiro atoms. The van der Waals surface area contributed by atoms with E-state index in [1.165, 1.54) is 6.92 Å². The van der Waals surface area contributed by atoms with E-state index in [0.717, 1.165) is 0 Å². The quantitative estimate of drug-likeness (QED) is 0.413. The Labute approximate surface area is 94.2 Å². The fourth-order valence-corrected chi connectivity index (χ4v) is 1.06. The van der Waals surface area contributed by atoms with Crippen molar-refractivity contribution in [2.75, 3.05) is 11.5 Å². The van der Waals surface area contributed by atoms with Gasteiger partial charge in [0.1, 0.15) is 0 Å². The third-order valence-corrected chi connectivity index (χ3v) is 1.67. The molecule has 0 aromatic heterocycles. The standard InChI is InChI=1S/C8H14O4S2/c1-6(11-7(9)2-4-13)12-8(10)3-5-14/h6,13-14H,2-5H2,1H3. The Kier molecular flexibility index (Phi) is 7.78. The van der Waals surface area contributed by atoms with Crippen LogP contribution in [0.15, 0.2) is 0 Å². The molecule has 82 valence electrons.